The molecule has 4 nitrogen and oxygen atoms in total. The maximum absolute atomic E-state index is 12.6. The van der Waals surface area contributed by atoms with Crippen molar-refractivity contribution in [3.63, 3.8) is 0 Å². The molecule has 0 spiro atoms. The number of piperazine rings is 1. The lowest BCUT2D eigenvalue weighted by Crippen LogP contribution is -2.58. The van der Waals surface area contributed by atoms with Gasteiger partial charge in [0, 0.05) is 36.3 Å². The molecule has 0 atom stereocenters. The number of rotatable bonds is 2. The van der Waals surface area contributed by atoms with Crippen molar-refractivity contribution in [3.05, 3.63) is 35.4 Å². The lowest BCUT2D eigenvalue weighted by molar-refractivity contribution is 0.0311. The highest BCUT2D eigenvalue weighted by Crippen LogP contribution is 2.20. The van der Waals surface area contributed by atoms with Crippen LogP contribution in [0.2, 0.25) is 0 Å². The van der Waals surface area contributed by atoms with Crippen LogP contribution in [0.15, 0.2) is 24.3 Å². The summed E-state index contributed by atoms with van der Waals surface area (Å²) >= 11 is 4.96. The molecule has 1 amide bonds. The molecular formula is C15H21N3OS. The summed E-state index contributed by atoms with van der Waals surface area (Å²) in [7, 11) is 2.09. The molecule has 20 heavy (non-hydrogen) atoms. The van der Waals surface area contributed by atoms with Gasteiger partial charge in [-0.2, -0.15) is 0 Å². The molecule has 1 aliphatic heterocycles. The lowest BCUT2D eigenvalue weighted by Gasteiger charge is -2.45. The van der Waals surface area contributed by atoms with Crippen LogP contribution in [0.1, 0.15) is 29.8 Å². The van der Waals surface area contributed by atoms with Gasteiger partial charge in [-0.3, -0.25) is 9.69 Å². The fourth-order valence-corrected chi connectivity index (χ4v) is 2.53. The molecule has 1 fully saturated rings. The molecular weight excluding hydrogens is 270 g/mol. The third-order valence-electron chi connectivity index (χ3n) is 4.00. The SMILES string of the molecule is CN1CCN(C(=O)c2cccc(C(N)=S)c2)CC1(C)C. The Morgan fingerprint density at radius 2 is 1.95 bits per heavy atom. The molecule has 1 aliphatic rings. The van der Waals surface area contributed by atoms with Crippen LogP contribution in [0.25, 0.3) is 0 Å². The number of benzene rings is 1. The van der Waals surface area contributed by atoms with Crippen LogP contribution in [0.5, 0.6) is 0 Å². The first-order valence-corrected chi connectivity index (χ1v) is 7.12. The number of carbonyl (C=O) groups excluding carboxylic acids is 1. The Hall–Kier alpha value is -1.46. The van der Waals surface area contributed by atoms with E-state index < -0.39 is 0 Å². The van der Waals surface area contributed by atoms with Crippen molar-refractivity contribution < 1.29 is 4.79 Å². The van der Waals surface area contributed by atoms with E-state index in [1.54, 1.807) is 6.07 Å². The molecule has 1 aromatic rings. The van der Waals surface area contributed by atoms with Crippen LogP contribution in [0.3, 0.4) is 0 Å². The van der Waals surface area contributed by atoms with E-state index >= 15 is 0 Å². The van der Waals surface area contributed by atoms with Gasteiger partial charge in [0.05, 0.1) is 0 Å². The number of amides is 1. The Labute approximate surface area is 125 Å². The van der Waals surface area contributed by atoms with E-state index in [1.165, 1.54) is 0 Å². The van der Waals surface area contributed by atoms with Crippen molar-refractivity contribution in [2.45, 2.75) is 19.4 Å². The molecule has 0 radical (unpaired) electrons. The average molecular weight is 291 g/mol. The van der Waals surface area contributed by atoms with E-state index in [9.17, 15) is 4.79 Å². The first-order valence-electron chi connectivity index (χ1n) is 6.71. The zero-order chi connectivity index (χ0) is 14.9. The van der Waals surface area contributed by atoms with Crippen LogP contribution >= 0.6 is 12.2 Å². The largest absolute Gasteiger partial charge is 0.389 e. The normalized spacial score (nSPS) is 18.9. The number of hydrogen-bond acceptors (Lipinski definition) is 3. The van der Waals surface area contributed by atoms with Gasteiger partial charge in [-0.25, -0.2) is 0 Å². The van der Waals surface area contributed by atoms with Crippen molar-refractivity contribution >= 4 is 23.1 Å². The van der Waals surface area contributed by atoms with E-state index in [1.807, 2.05) is 23.1 Å². The second kappa shape index (κ2) is 5.50. The molecule has 1 saturated heterocycles. The van der Waals surface area contributed by atoms with Crippen LogP contribution in [-0.2, 0) is 0 Å². The summed E-state index contributed by atoms with van der Waals surface area (Å²) < 4.78 is 0. The number of thiocarbonyl (C=S) groups is 1. The number of nitrogens with zero attached hydrogens (tertiary/aromatic N) is 2. The Morgan fingerprint density at radius 1 is 1.30 bits per heavy atom. The number of likely N-dealkylation sites (N-methyl/N-ethyl adjacent to an activating group) is 1. The fraction of sp³-hybridized carbons (Fsp3) is 0.467. The van der Waals surface area contributed by atoms with Gasteiger partial charge in [0.15, 0.2) is 0 Å². The highest BCUT2D eigenvalue weighted by Gasteiger charge is 2.33. The molecule has 1 heterocycles. The molecule has 0 aromatic heterocycles. The van der Waals surface area contributed by atoms with Crippen molar-refractivity contribution in [3.8, 4) is 0 Å². The van der Waals surface area contributed by atoms with Crippen molar-refractivity contribution in [1.29, 1.82) is 0 Å². The Kier molecular flexibility index (Phi) is 4.11. The van der Waals surface area contributed by atoms with Crippen molar-refractivity contribution in [2.75, 3.05) is 26.7 Å². The summed E-state index contributed by atoms with van der Waals surface area (Å²) in [6, 6.07) is 7.24. The zero-order valence-electron chi connectivity index (χ0n) is 12.2. The molecule has 0 saturated carbocycles. The first-order chi connectivity index (χ1) is 9.31. The molecule has 2 N–H and O–H groups in total. The molecule has 0 unspecified atom stereocenters. The summed E-state index contributed by atoms with van der Waals surface area (Å²) in [6.07, 6.45) is 0. The summed E-state index contributed by atoms with van der Waals surface area (Å²) in [4.78, 5) is 17.1. The minimum atomic E-state index is -0.00527. The zero-order valence-corrected chi connectivity index (χ0v) is 13.0. The van der Waals surface area contributed by atoms with Crippen molar-refractivity contribution in [2.24, 2.45) is 5.73 Å². The topological polar surface area (TPSA) is 49.6 Å². The van der Waals surface area contributed by atoms with E-state index in [2.05, 4.69) is 25.8 Å². The first kappa shape index (κ1) is 14.9. The maximum atomic E-state index is 12.6. The molecule has 1 aromatic carbocycles. The molecule has 5 heteroatoms. The highest BCUT2D eigenvalue weighted by atomic mass is 32.1. The standard InChI is InChI=1S/C15H21N3OS/c1-15(2)10-18(8-7-17(15)3)14(19)12-6-4-5-11(9-12)13(16)20/h4-6,9H,7-8,10H2,1-3H3,(H2,16,20). The number of hydrogen-bond donors (Lipinski definition) is 1. The summed E-state index contributed by atoms with van der Waals surface area (Å²) in [5.41, 5.74) is 7.00. The van der Waals surface area contributed by atoms with Crippen molar-refractivity contribution in [1.82, 2.24) is 9.80 Å². The molecule has 108 valence electrons. The average Bonchev–Trinajstić information content (AvgIpc) is 2.41. The molecule has 0 aliphatic carbocycles. The minimum Gasteiger partial charge on any atom is -0.389 e. The van der Waals surface area contributed by atoms with E-state index in [4.69, 9.17) is 18.0 Å². The third-order valence-corrected chi connectivity index (χ3v) is 4.23. The van der Waals surface area contributed by atoms with Gasteiger partial charge >= 0.3 is 0 Å². The number of carbonyl (C=O) groups is 1. The lowest BCUT2D eigenvalue weighted by atomic mass is 9.99. The van der Waals surface area contributed by atoms with Gasteiger partial charge in [0.25, 0.3) is 5.91 Å². The van der Waals surface area contributed by atoms with Crippen LogP contribution in [0, 0.1) is 0 Å². The second-order valence-corrected chi connectivity index (χ2v) is 6.35. The van der Waals surface area contributed by atoms with Gasteiger partial charge in [0.2, 0.25) is 0 Å². The smallest absolute Gasteiger partial charge is 0.253 e. The quantitative estimate of drug-likeness (QED) is 0.839. The van der Waals surface area contributed by atoms with Crippen LogP contribution in [-0.4, -0.2) is 52.9 Å². The predicted octanol–water partition coefficient (Wildman–Crippen LogP) is 1.49. The highest BCUT2D eigenvalue weighted by molar-refractivity contribution is 7.80. The van der Waals surface area contributed by atoms with Gasteiger partial charge in [0.1, 0.15) is 4.99 Å². The molecule has 2 rings (SSSR count). The maximum Gasteiger partial charge on any atom is 0.253 e. The summed E-state index contributed by atoms with van der Waals surface area (Å²) in [5, 5.41) is 0. The molecule has 0 bridgehead atoms. The Morgan fingerprint density at radius 3 is 2.55 bits per heavy atom. The predicted molar refractivity (Wildman–Crippen MR) is 84.9 cm³/mol. The Bertz CT molecular complexity index is 542. The fourth-order valence-electron chi connectivity index (χ4n) is 2.40. The van der Waals surface area contributed by atoms with E-state index in [-0.39, 0.29) is 11.4 Å². The van der Waals surface area contributed by atoms with Crippen LogP contribution < -0.4 is 5.73 Å². The monoisotopic (exact) mass is 291 g/mol. The van der Waals surface area contributed by atoms with E-state index in [0.717, 1.165) is 25.2 Å². The summed E-state index contributed by atoms with van der Waals surface area (Å²) in [6.45, 7) is 6.65. The second-order valence-electron chi connectivity index (χ2n) is 5.91. The third kappa shape index (κ3) is 2.99. The Balaban J connectivity index is 2.20. The summed E-state index contributed by atoms with van der Waals surface area (Å²) in [5.74, 6) is 0.0456. The van der Waals surface area contributed by atoms with Gasteiger partial charge in [-0.05, 0) is 33.0 Å². The number of nitrogens with two attached hydrogens (primary N) is 1. The van der Waals surface area contributed by atoms with Gasteiger partial charge in [-0.1, -0.05) is 24.4 Å². The van der Waals surface area contributed by atoms with Gasteiger partial charge < -0.3 is 10.6 Å². The van der Waals surface area contributed by atoms with Gasteiger partial charge in [-0.15, -0.1) is 0 Å². The van der Waals surface area contributed by atoms with Crippen LogP contribution in [0.4, 0.5) is 0 Å². The minimum absolute atomic E-state index is 0.00527. The van der Waals surface area contributed by atoms with E-state index in [0.29, 0.717) is 10.6 Å².